The molecule has 1 aromatic heterocycles. The molecule has 2 nitrogen and oxygen atoms in total. The number of anilines is 2. The van der Waals surface area contributed by atoms with Gasteiger partial charge in [0.05, 0.1) is 0 Å². The van der Waals surface area contributed by atoms with Gasteiger partial charge in [-0.2, -0.15) is 0 Å². The van der Waals surface area contributed by atoms with Gasteiger partial charge in [-0.25, -0.2) is 0 Å². The molecule has 0 saturated carbocycles. The molecule has 0 amide bonds. The summed E-state index contributed by atoms with van der Waals surface area (Å²) >= 11 is 0. The van der Waals surface area contributed by atoms with E-state index in [0.717, 1.165) is 30.4 Å². The lowest BCUT2D eigenvalue weighted by molar-refractivity contribution is 0.669. The smallest absolute Gasteiger partial charge is 0.136 e. The summed E-state index contributed by atoms with van der Waals surface area (Å²) in [5, 5.41) is 7.47. The quantitative estimate of drug-likeness (QED) is 0.163. The van der Waals surface area contributed by atoms with Gasteiger partial charge in [-0.05, 0) is 130 Å². The molecule has 0 saturated heterocycles. The molecule has 0 bridgehead atoms. The highest BCUT2D eigenvalue weighted by Crippen LogP contribution is 2.40. The van der Waals surface area contributed by atoms with E-state index in [2.05, 4.69) is 164 Å². The first-order valence-corrected chi connectivity index (χ1v) is 17.9. The Morgan fingerprint density at radius 2 is 1.28 bits per heavy atom. The summed E-state index contributed by atoms with van der Waals surface area (Å²) in [6, 6.07) is 53.1. The Kier molecular flexibility index (Phi) is 7.78. The van der Waals surface area contributed by atoms with E-state index < -0.39 is 0 Å². The second-order valence-electron chi connectivity index (χ2n) is 13.5. The van der Waals surface area contributed by atoms with Crippen molar-refractivity contribution in [2.24, 2.45) is 0 Å². The van der Waals surface area contributed by atoms with Gasteiger partial charge >= 0.3 is 0 Å². The van der Waals surface area contributed by atoms with Crippen LogP contribution < -0.4 is 4.90 Å². The van der Waals surface area contributed by atoms with E-state index in [1.807, 2.05) is 6.07 Å². The number of hydrogen-bond donors (Lipinski definition) is 0. The Bertz CT molecular complexity index is 2570. The molecular weight excluding hydrogens is 607 g/mol. The Balaban J connectivity index is 1.04. The van der Waals surface area contributed by atoms with E-state index in [1.165, 1.54) is 90.1 Å². The molecule has 0 spiro atoms. The average Bonchev–Trinajstić information content (AvgIpc) is 3.57. The number of fused-ring (bicyclic) bond motifs is 6. The van der Waals surface area contributed by atoms with Gasteiger partial charge in [-0.3, -0.25) is 0 Å². The third-order valence-corrected chi connectivity index (χ3v) is 10.3. The lowest BCUT2D eigenvalue weighted by Gasteiger charge is -2.30. The molecule has 1 aliphatic carbocycles. The van der Waals surface area contributed by atoms with Gasteiger partial charge < -0.3 is 9.32 Å². The van der Waals surface area contributed by atoms with Gasteiger partial charge in [0.15, 0.2) is 0 Å². The fourth-order valence-corrected chi connectivity index (χ4v) is 7.67. The number of hydrogen-bond acceptors (Lipinski definition) is 2. The maximum Gasteiger partial charge on any atom is 0.136 e. The Hall–Kier alpha value is -5.86. The summed E-state index contributed by atoms with van der Waals surface area (Å²) < 4.78 is 6.21. The van der Waals surface area contributed by atoms with Crippen molar-refractivity contribution in [3.05, 3.63) is 175 Å². The number of nitrogens with zero attached hydrogens (tertiary/aromatic N) is 1. The lowest BCUT2D eigenvalue weighted by atomic mass is 9.92. The third kappa shape index (κ3) is 5.57. The predicted octanol–water partition coefficient (Wildman–Crippen LogP) is 13.8. The monoisotopic (exact) mass is 645 g/mol. The van der Waals surface area contributed by atoms with Crippen LogP contribution in [0, 0.1) is 0 Å². The maximum atomic E-state index is 6.21. The second-order valence-corrected chi connectivity index (χ2v) is 13.5. The Labute approximate surface area is 293 Å². The molecule has 9 rings (SSSR count). The normalized spacial score (nSPS) is 13.2. The summed E-state index contributed by atoms with van der Waals surface area (Å²) in [4.78, 5) is 2.42. The molecule has 0 atom stereocenters. The molecule has 242 valence electrons. The topological polar surface area (TPSA) is 16.4 Å². The molecule has 50 heavy (non-hydrogen) atoms. The van der Waals surface area contributed by atoms with E-state index in [9.17, 15) is 0 Å². The summed E-state index contributed by atoms with van der Waals surface area (Å²) in [7, 11) is 0. The summed E-state index contributed by atoms with van der Waals surface area (Å²) in [5.74, 6) is 0. The zero-order valence-corrected chi connectivity index (χ0v) is 28.4. The first kappa shape index (κ1) is 30.2. The summed E-state index contributed by atoms with van der Waals surface area (Å²) in [6.45, 7) is 2.26. The van der Waals surface area contributed by atoms with Crippen LogP contribution in [-0.4, -0.2) is 0 Å². The molecule has 0 radical (unpaired) electrons. The zero-order chi connectivity index (χ0) is 33.4. The van der Waals surface area contributed by atoms with Crippen LogP contribution in [0.2, 0.25) is 0 Å². The molecule has 1 aliphatic rings. The minimum atomic E-state index is 0.938. The number of allylic oxidation sites excluding steroid dienone is 4. The fraction of sp³-hybridized carbons (Fsp3) is 0.125. The average molecular weight is 646 g/mol. The van der Waals surface area contributed by atoms with Crippen molar-refractivity contribution in [2.45, 2.75) is 39.0 Å². The van der Waals surface area contributed by atoms with Crippen LogP contribution in [0.3, 0.4) is 0 Å². The molecule has 0 N–H and O–H groups in total. The highest BCUT2D eigenvalue weighted by atomic mass is 16.3. The van der Waals surface area contributed by atoms with E-state index in [0.29, 0.717) is 0 Å². The number of para-hydroxylation sites is 2. The van der Waals surface area contributed by atoms with Gasteiger partial charge in [0, 0.05) is 27.8 Å². The van der Waals surface area contributed by atoms with Crippen molar-refractivity contribution in [1.82, 2.24) is 0 Å². The van der Waals surface area contributed by atoms with Crippen LogP contribution >= 0.6 is 0 Å². The van der Waals surface area contributed by atoms with E-state index in [4.69, 9.17) is 4.42 Å². The summed E-state index contributed by atoms with van der Waals surface area (Å²) in [5.41, 5.74) is 12.1. The highest BCUT2D eigenvalue weighted by molar-refractivity contribution is 6.19. The van der Waals surface area contributed by atoms with Crippen LogP contribution in [0.15, 0.2) is 168 Å². The number of unbranched alkanes of at least 4 members (excludes halogenated alkanes) is 1. The van der Waals surface area contributed by atoms with Gasteiger partial charge in [0.1, 0.15) is 11.2 Å². The van der Waals surface area contributed by atoms with Crippen LogP contribution in [0.1, 0.15) is 43.7 Å². The maximum absolute atomic E-state index is 6.21. The van der Waals surface area contributed by atoms with Crippen molar-refractivity contribution in [3.8, 4) is 11.1 Å². The fourth-order valence-electron chi connectivity index (χ4n) is 7.67. The minimum absolute atomic E-state index is 0.938. The van der Waals surface area contributed by atoms with Gasteiger partial charge in [-0.15, -0.1) is 0 Å². The van der Waals surface area contributed by atoms with E-state index in [1.54, 1.807) is 0 Å². The SMILES string of the molecule is CCCCc1ccc2ccc(-c3ccc(N(C4=CC=C(c5ccc6ccc7oc8ccccc8c7c6c5)CC4)c4ccccc4)cc3)cc2c1. The molecular formula is C48H39NO. The third-order valence-electron chi connectivity index (χ3n) is 10.3. The molecule has 0 aliphatic heterocycles. The van der Waals surface area contributed by atoms with Gasteiger partial charge in [-0.1, -0.05) is 116 Å². The molecule has 1 heterocycles. The lowest BCUT2D eigenvalue weighted by Crippen LogP contribution is -2.17. The predicted molar refractivity (Wildman–Crippen MR) is 213 cm³/mol. The van der Waals surface area contributed by atoms with Crippen molar-refractivity contribution in [1.29, 1.82) is 0 Å². The molecule has 2 heteroatoms. The number of benzene rings is 7. The largest absolute Gasteiger partial charge is 0.456 e. The van der Waals surface area contributed by atoms with Crippen molar-refractivity contribution in [3.63, 3.8) is 0 Å². The second kappa shape index (κ2) is 12.9. The standard InChI is InChI=1S/C48H39NO/c1-2-3-9-33-14-15-36-16-18-38(31-40(36)30-33)34-20-25-42(26-21-34)49(41-10-5-4-6-11-41)43-27-22-35(23-28-43)39-19-17-37-24-29-47-48(45(37)32-39)44-12-7-8-13-46(44)50-47/h4-8,10-22,24-27,29-32H,2-3,9,23,28H2,1H3. The Morgan fingerprint density at radius 3 is 2.12 bits per heavy atom. The van der Waals surface area contributed by atoms with Crippen LogP contribution in [0.25, 0.3) is 60.2 Å². The van der Waals surface area contributed by atoms with Gasteiger partial charge in [0.2, 0.25) is 0 Å². The first-order valence-electron chi connectivity index (χ1n) is 17.9. The molecule has 8 aromatic rings. The summed E-state index contributed by atoms with van der Waals surface area (Å²) in [6.07, 6.45) is 10.1. The van der Waals surface area contributed by atoms with Crippen molar-refractivity contribution < 1.29 is 4.42 Å². The highest BCUT2D eigenvalue weighted by Gasteiger charge is 2.19. The Morgan fingerprint density at radius 1 is 0.540 bits per heavy atom. The van der Waals surface area contributed by atoms with Crippen LogP contribution in [-0.2, 0) is 6.42 Å². The first-order chi connectivity index (χ1) is 24.7. The number of aryl methyl sites for hydroxylation is 1. The van der Waals surface area contributed by atoms with Crippen LogP contribution in [0.4, 0.5) is 11.4 Å². The van der Waals surface area contributed by atoms with E-state index in [-0.39, 0.29) is 0 Å². The number of furan rings is 1. The molecule has 0 unspecified atom stereocenters. The van der Waals surface area contributed by atoms with Gasteiger partial charge in [0.25, 0.3) is 0 Å². The molecule has 7 aromatic carbocycles. The zero-order valence-electron chi connectivity index (χ0n) is 28.4. The minimum Gasteiger partial charge on any atom is -0.456 e. The molecule has 0 fully saturated rings. The van der Waals surface area contributed by atoms with Crippen molar-refractivity contribution >= 4 is 60.4 Å². The van der Waals surface area contributed by atoms with Crippen LogP contribution in [0.5, 0.6) is 0 Å². The van der Waals surface area contributed by atoms with Crippen molar-refractivity contribution in [2.75, 3.05) is 4.90 Å². The number of rotatable bonds is 8. The van der Waals surface area contributed by atoms with E-state index >= 15 is 0 Å².